The number of benzene rings is 2. The SMILES string of the molecule is O=C1S/C(=C/c2cccn2Cc2ccccc2[N+](=O)[O-])C(=O)N1Cc1ccccc1[N+](=O)[O-]. The molecule has 1 saturated heterocycles. The Balaban J connectivity index is 1.58. The number of hydrogen-bond acceptors (Lipinski definition) is 7. The molecule has 3 aromatic rings. The van der Waals surface area contributed by atoms with Crippen molar-refractivity contribution in [2.75, 3.05) is 0 Å². The molecule has 1 fully saturated rings. The molecular weight excluding hydrogens is 448 g/mol. The van der Waals surface area contributed by atoms with Crippen molar-refractivity contribution in [2.45, 2.75) is 13.1 Å². The first kappa shape index (κ1) is 22.0. The molecule has 1 aliphatic heterocycles. The summed E-state index contributed by atoms with van der Waals surface area (Å²) < 4.78 is 1.73. The third-order valence-corrected chi connectivity index (χ3v) is 5.97. The van der Waals surface area contributed by atoms with Crippen LogP contribution in [-0.2, 0) is 17.9 Å². The topological polar surface area (TPSA) is 129 Å². The summed E-state index contributed by atoms with van der Waals surface area (Å²) in [5.74, 6) is -0.554. The number of carbonyl (C=O) groups excluding carboxylic acids is 2. The molecule has 0 spiro atoms. The van der Waals surface area contributed by atoms with E-state index in [4.69, 9.17) is 0 Å². The fourth-order valence-electron chi connectivity index (χ4n) is 3.47. The van der Waals surface area contributed by atoms with Gasteiger partial charge in [-0.15, -0.1) is 0 Å². The second-order valence-electron chi connectivity index (χ2n) is 7.10. The van der Waals surface area contributed by atoms with Crippen LogP contribution in [0.3, 0.4) is 0 Å². The molecule has 166 valence electrons. The van der Waals surface area contributed by atoms with Gasteiger partial charge in [-0.25, -0.2) is 0 Å². The summed E-state index contributed by atoms with van der Waals surface area (Å²) >= 11 is 0.744. The van der Waals surface area contributed by atoms with Gasteiger partial charge in [-0.3, -0.25) is 34.7 Å². The quantitative estimate of drug-likeness (QED) is 0.284. The van der Waals surface area contributed by atoms with E-state index in [9.17, 15) is 29.8 Å². The van der Waals surface area contributed by atoms with Gasteiger partial charge in [-0.05, 0) is 30.0 Å². The molecule has 0 saturated carbocycles. The number of rotatable bonds is 7. The summed E-state index contributed by atoms with van der Waals surface area (Å²) in [6, 6.07) is 15.8. The minimum absolute atomic E-state index is 0.0121. The highest BCUT2D eigenvalue weighted by Gasteiger charge is 2.36. The summed E-state index contributed by atoms with van der Waals surface area (Å²) in [5, 5.41) is 22.0. The molecule has 0 N–H and O–H groups in total. The Kier molecular flexibility index (Phi) is 6.05. The van der Waals surface area contributed by atoms with Crippen molar-refractivity contribution in [3.63, 3.8) is 0 Å². The van der Waals surface area contributed by atoms with Crippen LogP contribution in [0.1, 0.15) is 16.8 Å². The minimum Gasteiger partial charge on any atom is -0.343 e. The smallest absolute Gasteiger partial charge is 0.293 e. The number of amides is 2. The van der Waals surface area contributed by atoms with Gasteiger partial charge >= 0.3 is 0 Å². The van der Waals surface area contributed by atoms with Crippen molar-refractivity contribution in [1.82, 2.24) is 9.47 Å². The van der Waals surface area contributed by atoms with E-state index in [-0.39, 0.29) is 34.9 Å². The first-order valence-electron chi connectivity index (χ1n) is 9.70. The van der Waals surface area contributed by atoms with E-state index >= 15 is 0 Å². The number of nitrogens with zero attached hydrogens (tertiary/aromatic N) is 4. The van der Waals surface area contributed by atoms with Gasteiger partial charge in [0.1, 0.15) is 0 Å². The molecule has 4 rings (SSSR count). The van der Waals surface area contributed by atoms with Gasteiger partial charge < -0.3 is 4.57 Å². The maximum Gasteiger partial charge on any atom is 0.293 e. The number of thioether (sulfide) groups is 1. The maximum absolute atomic E-state index is 12.9. The Bertz CT molecular complexity index is 1320. The summed E-state index contributed by atoms with van der Waals surface area (Å²) in [6.45, 7) is -0.00756. The van der Waals surface area contributed by atoms with Crippen molar-refractivity contribution in [1.29, 1.82) is 0 Å². The lowest BCUT2D eigenvalue weighted by molar-refractivity contribution is -0.385. The van der Waals surface area contributed by atoms with Crippen LogP contribution in [0.2, 0.25) is 0 Å². The van der Waals surface area contributed by atoms with E-state index in [0.717, 1.165) is 16.7 Å². The molecule has 0 radical (unpaired) electrons. The van der Waals surface area contributed by atoms with Gasteiger partial charge in [0.15, 0.2) is 0 Å². The van der Waals surface area contributed by atoms with E-state index in [2.05, 4.69) is 0 Å². The van der Waals surface area contributed by atoms with Crippen LogP contribution in [-0.4, -0.2) is 30.5 Å². The molecular formula is C22H16N4O6S. The third-order valence-electron chi connectivity index (χ3n) is 5.06. The van der Waals surface area contributed by atoms with Crippen LogP contribution < -0.4 is 0 Å². The van der Waals surface area contributed by atoms with E-state index < -0.39 is 21.0 Å². The standard InChI is InChI=1S/C22H16N4O6S/c27-21-20(33-22(28)24(21)14-16-7-2-4-10-19(16)26(31)32)12-17-8-5-11-23(17)13-15-6-1-3-9-18(15)25(29)30/h1-12H,13-14H2/b20-12+. The molecule has 2 amide bonds. The fraction of sp³-hybridized carbons (Fsp3) is 0.0909. The first-order valence-corrected chi connectivity index (χ1v) is 10.5. The summed E-state index contributed by atoms with van der Waals surface area (Å²) in [4.78, 5) is 48.0. The zero-order chi connectivity index (χ0) is 23.5. The third kappa shape index (κ3) is 4.53. The predicted octanol–water partition coefficient (Wildman–Crippen LogP) is 4.59. The molecule has 10 nitrogen and oxygen atoms in total. The molecule has 0 unspecified atom stereocenters. The highest BCUT2D eigenvalue weighted by Crippen LogP contribution is 2.34. The van der Waals surface area contributed by atoms with Crippen LogP contribution in [0.15, 0.2) is 71.8 Å². The van der Waals surface area contributed by atoms with Crippen LogP contribution in [0.4, 0.5) is 16.2 Å². The number of para-hydroxylation sites is 2. The Morgan fingerprint density at radius 1 is 0.818 bits per heavy atom. The monoisotopic (exact) mass is 464 g/mol. The number of nitro benzene ring substituents is 2. The number of carbonyl (C=O) groups is 2. The second kappa shape index (κ2) is 9.09. The van der Waals surface area contributed by atoms with E-state index in [1.54, 1.807) is 53.2 Å². The van der Waals surface area contributed by atoms with Gasteiger partial charge in [0.05, 0.1) is 27.8 Å². The molecule has 0 bridgehead atoms. The lowest BCUT2D eigenvalue weighted by Crippen LogP contribution is -2.27. The number of hydrogen-bond donors (Lipinski definition) is 0. The van der Waals surface area contributed by atoms with E-state index in [1.807, 2.05) is 0 Å². The van der Waals surface area contributed by atoms with Gasteiger partial charge in [0, 0.05) is 35.2 Å². The van der Waals surface area contributed by atoms with Gasteiger partial charge in [-0.2, -0.15) is 0 Å². The zero-order valence-electron chi connectivity index (χ0n) is 17.0. The Hall–Kier alpha value is -4.25. The highest BCUT2D eigenvalue weighted by atomic mass is 32.2. The van der Waals surface area contributed by atoms with Crippen LogP contribution in [0.5, 0.6) is 0 Å². The van der Waals surface area contributed by atoms with Crippen molar-refractivity contribution < 1.29 is 19.4 Å². The van der Waals surface area contributed by atoms with Crippen LogP contribution in [0, 0.1) is 20.2 Å². The van der Waals surface area contributed by atoms with Crippen molar-refractivity contribution in [3.8, 4) is 0 Å². The predicted molar refractivity (Wildman–Crippen MR) is 121 cm³/mol. The summed E-state index contributed by atoms with van der Waals surface area (Å²) in [5.41, 5.74) is 1.16. The zero-order valence-corrected chi connectivity index (χ0v) is 17.8. The van der Waals surface area contributed by atoms with Crippen LogP contribution >= 0.6 is 11.8 Å². The van der Waals surface area contributed by atoms with Crippen LogP contribution in [0.25, 0.3) is 6.08 Å². The summed E-state index contributed by atoms with van der Waals surface area (Å²) in [7, 11) is 0. The fourth-order valence-corrected chi connectivity index (χ4v) is 4.30. The average molecular weight is 464 g/mol. The molecule has 33 heavy (non-hydrogen) atoms. The second-order valence-corrected chi connectivity index (χ2v) is 8.09. The Labute approximate surface area is 191 Å². The number of nitro groups is 2. The number of aromatic nitrogens is 1. The molecule has 1 aliphatic rings. The van der Waals surface area contributed by atoms with Crippen molar-refractivity contribution in [3.05, 3.63) is 109 Å². The lowest BCUT2D eigenvalue weighted by atomic mass is 10.1. The van der Waals surface area contributed by atoms with Gasteiger partial charge in [0.2, 0.25) is 0 Å². The van der Waals surface area contributed by atoms with Gasteiger partial charge in [0.25, 0.3) is 22.5 Å². The Morgan fingerprint density at radius 3 is 2.00 bits per heavy atom. The Morgan fingerprint density at radius 2 is 1.39 bits per heavy atom. The van der Waals surface area contributed by atoms with Crippen molar-refractivity contribution in [2.24, 2.45) is 0 Å². The molecule has 11 heteroatoms. The largest absolute Gasteiger partial charge is 0.343 e. The van der Waals surface area contributed by atoms with E-state index in [0.29, 0.717) is 11.3 Å². The van der Waals surface area contributed by atoms with Gasteiger partial charge in [-0.1, -0.05) is 36.4 Å². The lowest BCUT2D eigenvalue weighted by Gasteiger charge is -2.12. The first-order chi connectivity index (χ1) is 15.8. The molecule has 2 aromatic carbocycles. The maximum atomic E-state index is 12.9. The van der Waals surface area contributed by atoms with Crippen molar-refractivity contribution >= 4 is 40.4 Å². The molecule has 1 aromatic heterocycles. The summed E-state index contributed by atoms with van der Waals surface area (Å²) in [6.07, 6.45) is 3.26. The molecule has 0 atom stereocenters. The molecule has 2 heterocycles. The number of imide groups is 1. The highest BCUT2D eigenvalue weighted by molar-refractivity contribution is 8.18. The minimum atomic E-state index is -0.556. The average Bonchev–Trinajstić information content (AvgIpc) is 3.33. The van der Waals surface area contributed by atoms with E-state index in [1.165, 1.54) is 24.3 Å². The molecule has 0 aliphatic carbocycles. The normalized spacial score (nSPS) is 14.8.